The third-order valence-corrected chi connectivity index (χ3v) is 3.99. The molecule has 2 aromatic heterocycles. The van der Waals surface area contributed by atoms with E-state index in [1.807, 2.05) is 0 Å². The molecule has 0 aliphatic heterocycles. The number of pyridine rings is 1. The van der Waals surface area contributed by atoms with Gasteiger partial charge in [-0.1, -0.05) is 18.2 Å². The Labute approximate surface area is 142 Å². The first kappa shape index (κ1) is 16.5. The number of carbonyl (C=O) groups excluding carboxylic acids is 1. The average Bonchev–Trinajstić information content (AvgIpc) is 2.61. The van der Waals surface area contributed by atoms with Crippen LogP contribution in [0.1, 0.15) is 23.5 Å². The molecule has 0 aliphatic rings. The fourth-order valence-corrected chi connectivity index (χ4v) is 2.74. The van der Waals surface area contributed by atoms with Gasteiger partial charge in [-0.2, -0.15) is 4.98 Å². The van der Waals surface area contributed by atoms with E-state index < -0.39 is 23.3 Å². The molecule has 3 rings (SSSR count). The van der Waals surface area contributed by atoms with E-state index in [4.69, 9.17) is 4.74 Å². The normalized spacial score (nSPS) is 12.0. The topological polar surface area (TPSA) is 101 Å². The van der Waals surface area contributed by atoms with Crippen LogP contribution >= 0.6 is 0 Å². The van der Waals surface area contributed by atoms with Gasteiger partial charge in [0.15, 0.2) is 0 Å². The van der Waals surface area contributed by atoms with E-state index in [2.05, 4.69) is 4.98 Å². The molecular weight excluding hydrogens is 324 g/mol. The summed E-state index contributed by atoms with van der Waals surface area (Å²) in [5.41, 5.74) is 0.412. The van der Waals surface area contributed by atoms with Crippen LogP contribution in [0.4, 0.5) is 0 Å². The zero-order valence-electron chi connectivity index (χ0n) is 13.4. The maximum Gasteiger partial charge on any atom is 0.306 e. The molecule has 0 saturated heterocycles. The number of rotatable bonds is 4. The number of phenolic OH excluding ortho intramolecular Hbond substituents is 1. The number of fused-ring (bicyclic) bond motifs is 1. The van der Waals surface area contributed by atoms with E-state index in [0.29, 0.717) is 11.2 Å². The molecular formula is C18H16N2O5. The number of esters is 1. The van der Waals surface area contributed by atoms with Crippen LogP contribution < -0.4 is 5.56 Å². The van der Waals surface area contributed by atoms with Gasteiger partial charge in [0, 0.05) is 12.1 Å². The fraction of sp³-hybridized carbons (Fsp3) is 0.167. The van der Waals surface area contributed by atoms with Crippen LogP contribution in [0.15, 0.2) is 53.5 Å². The van der Waals surface area contributed by atoms with E-state index >= 15 is 0 Å². The van der Waals surface area contributed by atoms with Crippen LogP contribution in [-0.2, 0) is 9.53 Å². The minimum absolute atomic E-state index is 0.000195. The molecule has 0 saturated carbocycles. The van der Waals surface area contributed by atoms with E-state index in [0.717, 1.165) is 0 Å². The van der Waals surface area contributed by atoms with Crippen LogP contribution in [0.5, 0.6) is 11.6 Å². The summed E-state index contributed by atoms with van der Waals surface area (Å²) in [6, 6.07) is 11.0. The van der Waals surface area contributed by atoms with E-state index in [1.165, 1.54) is 23.6 Å². The van der Waals surface area contributed by atoms with Crippen molar-refractivity contribution in [3.8, 4) is 11.6 Å². The van der Waals surface area contributed by atoms with Crippen molar-refractivity contribution in [3.05, 3.63) is 70.1 Å². The van der Waals surface area contributed by atoms with Crippen molar-refractivity contribution in [2.24, 2.45) is 0 Å². The molecule has 1 aromatic carbocycles. The van der Waals surface area contributed by atoms with Gasteiger partial charge in [-0.3, -0.25) is 14.0 Å². The van der Waals surface area contributed by atoms with Crippen molar-refractivity contribution in [2.45, 2.75) is 12.3 Å². The van der Waals surface area contributed by atoms with Gasteiger partial charge >= 0.3 is 5.97 Å². The number of hydrogen-bond acceptors (Lipinski definition) is 6. The summed E-state index contributed by atoms with van der Waals surface area (Å²) in [5, 5.41) is 19.8. The zero-order valence-corrected chi connectivity index (χ0v) is 13.4. The minimum atomic E-state index is -0.759. The highest BCUT2D eigenvalue weighted by atomic mass is 16.5. The van der Waals surface area contributed by atoms with Crippen LogP contribution in [-0.4, -0.2) is 32.7 Å². The summed E-state index contributed by atoms with van der Waals surface area (Å²) in [6.07, 6.45) is 1.39. The van der Waals surface area contributed by atoms with Crippen molar-refractivity contribution < 1.29 is 19.7 Å². The molecule has 25 heavy (non-hydrogen) atoms. The zero-order chi connectivity index (χ0) is 18.0. The van der Waals surface area contributed by atoms with E-state index in [9.17, 15) is 19.8 Å². The summed E-state index contributed by atoms with van der Waals surface area (Å²) in [4.78, 5) is 28.8. The minimum Gasteiger partial charge on any atom is -0.508 e. The Kier molecular flexibility index (Phi) is 4.38. The molecule has 0 fully saturated rings. The highest BCUT2D eigenvalue weighted by molar-refractivity contribution is 5.71. The number of phenols is 1. The van der Waals surface area contributed by atoms with Gasteiger partial charge in [0.1, 0.15) is 11.4 Å². The predicted molar refractivity (Wildman–Crippen MR) is 89.7 cm³/mol. The first-order valence-electron chi connectivity index (χ1n) is 7.57. The molecule has 2 N–H and O–H groups in total. The summed E-state index contributed by atoms with van der Waals surface area (Å²) in [6.45, 7) is 0. The van der Waals surface area contributed by atoms with Gasteiger partial charge in [-0.25, -0.2) is 0 Å². The SMILES string of the molecule is COC(=O)C[C@@H](c1ccc(O)cc1)c1c(O)nc2ccccn2c1=O. The van der Waals surface area contributed by atoms with Crippen molar-refractivity contribution in [3.63, 3.8) is 0 Å². The smallest absolute Gasteiger partial charge is 0.306 e. The predicted octanol–water partition coefficient (Wildman–Crippen LogP) is 1.80. The molecule has 0 aliphatic carbocycles. The Bertz CT molecular complexity index is 979. The molecule has 0 radical (unpaired) electrons. The van der Waals surface area contributed by atoms with Crippen LogP contribution in [0.2, 0.25) is 0 Å². The Balaban J connectivity index is 2.22. The fourth-order valence-electron chi connectivity index (χ4n) is 2.74. The second-order valence-corrected chi connectivity index (χ2v) is 5.51. The molecule has 0 bridgehead atoms. The quantitative estimate of drug-likeness (QED) is 0.702. The van der Waals surface area contributed by atoms with Crippen molar-refractivity contribution >= 4 is 11.6 Å². The summed E-state index contributed by atoms with van der Waals surface area (Å²) in [7, 11) is 1.25. The molecule has 7 heteroatoms. The number of aromatic hydroxyl groups is 2. The van der Waals surface area contributed by atoms with Crippen molar-refractivity contribution in [2.75, 3.05) is 7.11 Å². The van der Waals surface area contributed by atoms with Gasteiger partial charge in [0.05, 0.1) is 19.1 Å². The molecule has 128 valence electrons. The van der Waals surface area contributed by atoms with Gasteiger partial charge in [-0.05, 0) is 29.8 Å². The Morgan fingerprint density at radius 2 is 1.92 bits per heavy atom. The van der Waals surface area contributed by atoms with Crippen LogP contribution in [0.3, 0.4) is 0 Å². The van der Waals surface area contributed by atoms with Crippen LogP contribution in [0, 0.1) is 0 Å². The summed E-state index contributed by atoms with van der Waals surface area (Å²) >= 11 is 0. The number of nitrogens with zero attached hydrogens (tertiary/aromatic N) is 2. The third kappa shape index (κ3) is 3.16. The lowest BCUT2D eigenvalue weighted by molar-refractivity contribution is -0.140. The molecule has 2 heterocycles. The molecule has 0 amide bonds. The second-order valence-electron chi connectivity index (χ2n) is 5.51. The van der Waals surface area contributed by atoms with Crippen molar-refractivity contribution in [1.29, 1.82) is 0 Å². The van der Waals surface area contributed by atoms with Crippen molar-refractivity contribution in [1.82, 2.24) is 9.38 Å². The number of benzene rings is 1. The Hall–Kier alpha value is -3.35. The highest BCUT2D eigenvalue weighted by Crippen LogP contribution is 2.32. The maximum atomic E-state index is 12.9. The van der Waals surface area contributed by atoms with Gasteiger partial charge in [-0.15, -0.1) is 0 Å². The van der Waals surface area contributed by atoms with E-state index in [1.54, 1.807) is 36.5 Å². The maximum absolute atomic E-state index is 12.9. The number of aromatic nitrogens is 2. The largest absolute Gasteiger partial charge is 0.508 e. The molecule has 3 aromatic rings. The number of ether oxygens (including phenoxy) is 1. The number of hydrogen-bond donors (Lipinski definition) is 2. The van der Waals surface area contributed by atoms with Gasteiger partial charge in [0.2, 0.25) is 5.88 Å². The molecule has 0 spiro atoms. The Morgan fingerprint density at radius 3 is 2.60 bits per heavy atom. The Morgan fingerprint density at radius 1 is 1.20 bits per heavy atom. The lowest BCUT2D eigenvalue weighted by Gasteiger charge is -2.17. The molecule has 0 unspecified atom stereocenters. The number of methoxy groups -OCH3 is 1. The highest BCUT2D eigenvalue weighted by Gasteiger charge is 2.26. The van der Waals surface area contributed by atoms with E-state index in [-0.39, 0.29) is 17.7 Å². The third-order valence-electron chi connectivity index (χ3n) is 3.99. The molecule has 1 atom stereocenters. The standard InChI is InChI=1S/C18H16N2O5/c1-25-15(22)10-13(11-5-7-12(21)8-6-11)16-17(23)19-14-4-2-3-9-20(14)18(16)24/h2-9,13,21,23H,10H2,1H3/t13-/m0/s1. The summed E-state index contributed by atoms with van der Waals surface area (Å²) < 4.78 is 6.02. The van der Waals surface area contributed by atoms with Gasteiger partial charge < -0.3 is 14.9 Å². The van der Waals surface area contributed by atoms with Crippen LogP contribution in [0.25, 0.3) is 5.65 Å². The molecule has 7 nitrogen and oxygen atoms in total. The monoisotopic (exact) mass is 340 g/mol. The first-order valence-corrected chi connectivity index (χ1v) is 7.57. The van der Waals surface area contributed by atoms with Gasteiger partial charge in [0.25, 0.3) is 5.56 Å². The number of carbonyl (C=O) groups is 1. The first-order chi connectivity index (χ1) is 12.0. The second kappa shape index (κ2) is 6.64. The lowest BCUT2D eigenvalue weighted by atomic mass is 9.89. The summed E-state index contributed by atoms with van der Waals surface area (Å²) in [5.74, 6) is -1.67. The average molecular weight is 340 g/mol. The lowest BCUT2D eigenvalue weighted by Crippen LogP contribution is -2.24.